The van der Waals surface area contributed by atoms with E-state index in [1.54, 1.807) is 12.7 Å². The van der Waals surface area contributed by atoms with Gasteiger partial charge in [-0.25, -0.2) is 0 Å². The van der Waals surface area contributed by atoms with Crippen molar-refractivity contribution in [2.75, 3.05) is 20.2 Å². The summed E-state index contributed by atoms with van der Waals surface area (Å²) in [7, 11) is 1.72. The predicted octanol–water partition coefficient (Wildman–Crippen LogP) is 5.44. The second-order valence-electron chi connectivity index (χ2n) is 7.74. The summed E-state index contributed by atoms with van der Waals surface area (Å²) in [5, 5.41) is 0. The lowest BCUT2D eigenvalue weighted by molar-refractivity contribution is 0.159. The highest BCUT2D eigenvalue weighted by molar-refractivity contribution is 5.34. The molecule has 1 aliphatic heterocycles. The molecule has 0 N–H and O–H groups in total. The first-order valence-electron chi connectivity index (χ1n) is 9.52. The highest BCUT2D eigenvalue weighted by atomic mass is 16.5. The summed E-state index contributed by atoms with van der Waals surface area (Å²) in [6.45, 7) is 10.4. The molecule has 1 saturated heterocycles. The second-order valence-corrected chi connectivity index (χ2v) is 7.74. The molecule has 2 nitrogen and oxygen atoms in total. The average Bonchev–Trinajstić information content (AvgIpc) is 2.64. The van der Waals surface area contributed by atoms with Crippen LogP contribution in [0.25, 0.3) is 0 Å². The van der Waals surface area contributed by atoms with Gasteiger partial charge >= 0.3 is 0 Å². The predicted molar refractivity (Wildman–Crippen MR) is 105 cm³/mol. The minimum Gasteiger partial charge on any atom is -0.497 e. The zero-order valence-corrected chi connectivity index (χ0v) is 16.0. The molecular weight excluding hydrogens is 306 g/mol. The molecule has 1 heterocycles. The molecule has 0 spiro atoms. The molecule has 2 heteroatoms. The van der Waals surface area contributed by atoms with Crippen molar-refractivity contribution in [3.63, 3.8) is 0 Å². The van der Waals surface area contributed by atoms with Gasteiger partial charge in [-0.3, -0.25) is 4.90 Å². The third kappa shape index (κ3) is 4.24. The topological polar surface area (TPSA) is 12.5 Å². The summed E-state index contributed by atoms with van der Waals surface area (Å²) in [5.74, 6) is 2.89. The Bertz CT molecular complexity index is 677. The molecule has 0 saturated carbocycles. The lowest BCUT2D eigenvalue weighted by Crippen LogP contribution is -2.38. The minimum absolute atomic E-state index is 0.584. The maximum Gasteiger partial charge on any atom is 0.118 e. The number of hydrogen-bond acceptors (Lipinski definition) is 2. The fourth-order valence-corrected chi connectivity index (χ4v) is 4.05. The van der Waals surface area contributed by atoms with Gasteiger partial charge in [0.15, 0.2) is 0 Å². The van der Waals surface area contributed by atoms with Crippen LogP contribution in [0.2, 0.25) is 0 Å². The van der Waals surface area contributed by atoms with Crippen molar-refractivity contribution in [3.8, 4) is 5.75 Å². The molecule has 2 atom stereocenters. The van der Waals surface area contributed by atoms with Crippen LogP contribution in [0, 0.1) is 5.92 Å². The molecule has 0 aliphatic carbocycles. The van der Waals surface area contributed by atoms with Gasteiger partial charge in [-0.2, -0.15) is 0 Å². The zero-order chi connectivity index (χ0) is 17.8. The number of rotatable bonds is 5. The Morgan fingerprint density at radius 3 is 2.48 bits per heavy atom. The van der Waals surface area contributed by atoms with Crippen molar-refractivity contribution >= 4 is 0 Å². The van der Waals surface area contributed by atoms with Gasteiger partial charge < -0.3 is 4.74 Å². The van der Waals surface area contributed by atoms with E-state index < -0.39 is 0 Å². The molecule has 0 bridgehead atoms. The molecular formula is C23H31NO. The molecule has 25 heavy (non-hydrogen) atoms. The van der Waals surface area contributed by atoms with E-state index in [-0.39, 0.29) is 0 Å². The van der Waals surface area contributed by atoms with Crippen LogP contribution in [0.3, 0.4) is 0 Å². The summed E-state index contributed by atoms with van der Waals surface area (Å²) in [6.07, 6.45) is 1.27. The number of ether oxygens (including phenoxy) is 1. The van der Waals surface area contributed by atoms with E-state index in [0.717, 1.165) is 24.8 Å². The Morgan fingerprint density at radius 2 is 1.80 bits per heavy atom. The van der Waals surface area contributed by atoms with Gasteiger partial charge in [0.05, 0.1) is 7.11 Å². The lowest BCUT2D eigenvalue weighted by Gasteiger charge is -2.38. The largest absolute Gasteiger partial charge is 0.497 e. The van der Waals surface area contributed by atoms with E-state index in [1.807, 2.05) is 0 Å². The molecule has 2 aromatic rings. The van der Waals surface area contributed by atoms with Crippen LogP contribution in [-0.2, 0) is 6.54 Å². The first-order chi connectivity index (χ1) is 12.1. The van der Waals surface area contributed by atoms with Gasteiger partial charge in [-0.15, -0.1) is 0 Å². The first kappa shape index (κ1) is 18.0. The molecule has 3 rings (SSSR count). The third-order valence-corrected chi connectivity index (χ3v) is 5.63. The highest BCUT2D eigenvalue weighted by Crippen LogP contribution is 2.36. The molecule has 2 unspecified atom stereocenters. The number of nitrogens with zero attached hydrogens (tertiary/aromatic N) is 1. The van der Waals surface area contributed by atoms with Gasteiger partial charge in [0, 0.05) is 13.1 Å². The fourth-order valence-electron chi connectivity index (χ4n) is 4.05. The van der Waals surface area contributed by atoms with E-state index in [0.29, 0.717) is 11.8 Å². The monoisotopic (exact) mass is 337 g/mol. The average molecular weight is 338 g/mol. The first-order valence-corrected chi connectivity index (χ1v) is 9.52. The van der Waals surface area contributed by atoms with Gasteiger partial charge in [0.1, 0.15) is 5.75 Å². The molecule has 0 aromatic heterocycles. The maximum absolute atomic E-state index is 5.27. The number of benzene rings is 2. The molecule has 0 amide bonds. The van der Waals surface area contributed by atoms with E-state index in [1.165, 1.54) is 24.1 Å². The Morgan fingerprint density at radius 1 is 1.08 bits per heavy atom. The number of hydrogen-bond donors (Lipinski definition) is 0. The Hall–Kier alpha value is -1.80. The Labute approximate surface area is 152 Å². The van der Waals surface area contributed by atoms with Gasteiger partial charge in [-0.05, 0) is 59.5 Å². The number of likely N-dealkylation sites (tertiary alicyclic amines) is 1. The highest BCUT2D eigenvalue weighted by Gasteiger charge is 2.29. The minimum atomic E-state index is 0.584. The van der Waals surface area contributed by atoms with Crippen LogP contribution < -0.4 is 4.74 Å². The smallest absolute Gasteiger partial charge is 0.118 e. The molecule has 1 aliphatic rings. The van der Waals surface area contributed by atoms with E-state index in [9.17, 15) is 0 Å². The molecule has 134 valence electrons. The quantitative estimate of drug-likeness (QED) is 0.720. The summed E-state index contributed by atoms with van der Waals surface area (Å²) < 4.78 is 5.27. The van der Waals surface area contributed by atoms with E-state index in [4.69, 9.17) is 4.74 Å². The zero-order valence-electron chi connectivity index (χ0n) is 16.0. The Balaban J connectivity index is 1.75. The van der Waals surface area contributed by atoms with Crippen molar-refractivity contribution in [2.24, 2.45) is 5.92 Å². The van der Waals surface area contributed by atoms with Crippen molar-refractivity contribution in [3.05, 3.63) is 65.2 Å². The maximum atomic E-state index is 5.27. The van der Waals surface area contributed by atoms with Crippen LogP contribution in [0.4, 0.5) is 0 Å². The van der Waals surface area contributed by atoms with Gasteiger partial charge in [0.2, 0.25) is 0 Å². The summed E-state index contributed by atoms with van der Waals surface area (Å²) >= 11 is 0. The van der Waals surface area contributed by atoms with E-state index in [2.05, 4.69) is 74.2 Å². The lowest BCUT2D eigenvalue weighted by atomic mass is 9.78. The van der Waals surface area contributed by atoms with Crippen molar-refractivity contribution in [1.82, 2.24) is 4.90 Å². The Kier molecular flexibility index (Phi) is 5.80. The van der Waals surface area contributed by atoms with Gasteiger partial charge in [0.25, 0.3) is 0 Å². The normalized spacial score (nSPS) is 21.5. The second kappa shape index (κ2) is 8.05. The molecule has 2 aromatic carbocycles. The van der Waals surface area contributed by atoms with Crippen molar-refractivity contribution in [1.29, 1.82) is 0 Å². The summed E-state index contributed by atoms with van der Waals surface area (Å²) in [6, 6.07) is 17.6. The SMILES string of the molecule is COc1ccc(CN2CCC(C)C(c3ccccc3C(C)C)C2)cc1. The van der Waals surface area contributed by atoms with Crippen LogP contribution in [0.15, 0.2) is 48.5 Å². The standard InChI is InChI=1S/C23H31NO/c1-17(2)21-7-5-6-8-22(21)23-16-24(14-13-18(23)3)15-19-9-11-20(25-4)12-10-19/h5-12,17-18,23H,13-16H2,1-4H3. The summed E-state index contributed by atoms with van der Waals surface area (Å²) in [4.78, 5) is 2.61. The number of methoxy groups -OCH3 is 1. The molecule has 1 fully saturated rings. The van der Waals surface area contributed by atoms with Crippen LogP contribution in [0.5, 0.6) is 5.75 Å². The van der Waals surface area contributed by atoms with Crippen LogP contribution >= 0.6 is 0 Å². The third-order valence-electron chi connectivity index (χ3n) is 5.63. The fraction of sp³-hybridized carbons (Fsp3) is 0.478. The molecule has 0 radical (unpaired) electrons. The van der Waals surface area contributed by atoms with Crippen molar-refractivity contribution < 1.29 is 4.74 Å². The van der Waals surface area contributed by atoms with Crippen LogP contribution in [-0.4, -0.2) is 25.1 Å². The van der Waals surface area contributed by atoms with Gasteiger partial charge in [-0.1, -0.05) is 57.2 Å². The van der Waals surface area contributed by atoms with Crippen molar-refractivity contribution in [2.45, 2.75) is 45.6 Å². The van der Waals surface area contributed by atoms with E-state index >= 15 is 0 Å². The van der Waals surface area contributed by atoms with Crippen LogP contribution in [0.1, 0.15) is 55.7 Å². The number of piperidine rings is 1. The summed E-state index contributed by atoms with van der Waals surface area (Å²) in [5.41, 5.74) is 4.45.